The molecule has 98 valence electrons. The summed E-state index contributed by atoms with van der Waals surface area (Å²) in [4.78, 5) is 0. The molecule has 0 spiro atoms. The van der Waals surface area contributed by atoms with Crippen LogP contribution < -0.4 is 4.72 Å². The third kappa shape index (κ3) is 8.49. The Morgan fingerprint density at radius 3 is 2.06 bits per heavy atom. The van der Waals surface area contributed by atoms with Gasteiger partial charge in [-0.15, -0.1) is 0 Å². The molecule has 0 radical (unpaired) electrons. The smallest absolute Gasteiger partial charge is 0.209 e. The molecule has 3 unspecified atom stereocenters. The van der Waals surface area contributed by atoms with Crippen LogP contribution in [0.5, 0.6) is 0 Å². The maximum atomic E-state index is 11.2. The molecule has 0 heterocycles. The van der Waals surface area contributed by atoms with Crippen molar-refractivity contribution in [3.63, 3.8) is 0 Å². The van der Waals surface area contributed by atoms with Crippen molar-refractivity contribution in [3.05, 3.63) is 0 Å². The van der Waals surface area contributed by atoms with Gasteiger partial charge in [0, 0.05) is 14.5 Å². The first-order valence-electron chi connectivity index (χ1n) is 6.20. The van der Waals surface area contributed by atoms with E-state index in [0.29, 0.717) is 5.92 Å². The second kappa shape index (κ2) is 8.43. The standard InChI is InChI=1S/C11H26NO2PS/c1-4-6-8-10(3)11(9-7-5-2)12-16(13,14)15/h10-12H,4-9,15H2,1-3H3. The van der Waals surface area contributed by atoms with Crippen LogP contribution in [0, 0.1) is 5.92 Å². The molecule has 0 rings (SSSR count). The summed E-state index contributed by atoms with van der Waals surface area (Å²) in [6.07, 6.45) is 6.55. The Morgan fingerprint density at radius 2 is 1.62 bits per heavy atom. The SMILES string of the molecule is CCCCC(C)C(CCCC)NS(=O)(=O)P. The fourth-order valence-electron chi connectivity index (χ4n) is 1.82. The molecule has 0 saturated heterocycles. The summed E-state index contributed by atoms with van der Waals surface area (Å²) >= 11 is 0. The van der Waals surface area contributed by atoms with Crippen LogP contribution in [0.25, 0.3) is 0 Å². The van der Waals surface area contributed by atoms with Gasteiger partial charge in [-0.05, 0) is 18.8 Å². The van der Waals surface area contributed by atoms with E-state index in [2.05, 4.69) is 25.5 Å². The molecular formula is C11H26NO2PS. The largest absolute Gasteiger partial charge is 0.222 e. The lowest BCUT2D eigenvalue weighted by Gasteiger charge is -2.24. The van der Waals surface area contributed by atoms with Crippen LogP contribution >= 0.6 is 8.44 Å². The summed E-state index contributed by atoms with van der Waals surface area (Å²) < 4.78 is 25.2. The van der Waals surface area contributed by atoms with Gasteiger partial charge >= 0.3 is 0 Å². The fourth-order valence-corrected chi connectivity index (χ4v) is 3.12. The van der Waals surface area contributed by atoms with Crippen molar-refractivity contribution in [2.75, 3.05) is 0 Å². The monoisotopic (exact) mass is 267 g/mol. The molecule has 3 atom stereocenters. The molecule has 3 nitrogen and oxygen atoms in total. The van der Waals surface area contributed by atoms with Crippen LogP contribution in [0.3, 0.4) is 0 Å². The van der Waals surface area contributed by atoms with Crippen LogP contribution in [0.15, 0.2) is 0 Å². The van der Waals surface area contributed by atoms with Crippen LogP contribution in [-0.4, -0.2) is 14.5 Å². The molecule has 0 aliphatic carbocycles. The summed E-state index contributed by atoms with van der Waals surface area (Å²) in [7, 11) is -1.28. The van der Waals surface area contributed by atoms with E-state index in [1.807, 2.05) is 8.44 Å². The Bertz CT molecular complexity index is 267. The van der Waals surface area contributed by atoms with Crippen molar-refractivity contribution >= 4 is 18.1 Å². The molecule has 0 aromatic rings. The van der Waals surface area contributed by atoms with E-state index in [0.717, 1.165) is 25.7 Å². The van der Waals surface area contributed by atoms with Crippen LogP contribution in [0.4, 0.5) is 0 Å². The molecule has 0 saturated carbocycles. The first-order valence-corrected chi connectivity index (χ1v) is 9.16. The number of unbranched alkanes of at least 4 members (excludes halogenated alkanes) is 2. The molecule has 16 heavy (non-hydrogen) atoms. The van der Waals surface area contributed by atoms with Gasteiger partial charge in [-0.3, -0.25) is 0 Å². The zero-order valence-corrected chi connectivity index (χ0v) is 12.7. The van der Waals surface area contributed by atoms with Crippen molar-refractivity contribution in [2.24, 2.45) is 5.92 Å². The van der Waals surface area contributed by atoms with E-state index in [1.54, 1.807) is 0 Å². The second-order valence-corrected chi connectivity index (χ2v) is 7.72. The molecule has 0 aliphatic rings. The summed E-state index contributed by atoms with van der Waals surface area (Å²) in [6.45, 7) is 6.43. The lowest BCUT2D eigenvalue weighted by molar-refractivity contribution is 0.363. The summed E-state index contributed by atoms with van der Waals surface area (Å²) in [5, 5.41) is 0. The number of hydrogen-bond donors (Lipinski definition) is 1. The molecule has 1 N–H and O–H groups in total. The lowest BCUT2D eigenvalue weighted by Crippen LogP contribution is -2.36. The maximum Gasteiger partial charge on any atom is 0.222 e. The predicted octanol–water partition coefficient (Wildman–Crippen LogP) is 3.08. The highest BCUT2D eigenvalue weighted by Crippen LogP contribution is 2.18. The van der Waals surface area contributed by atoms with Gasteiger partial charge in [-0.25, -0.2) is 13.1 Å². The van der Waals surface area contributed by atoms with E-state index >= 15 is 0 Å². The number of rotatable bonds is 9. The highest BCUT2D eigenvalue weighted by molar-refractivity contribution is 8.36. The molecule has 0 aliphatic heterocycles. The quantitative estimate of drug-likeness (QED) is 0.653. The molecule has 0 fully saturated rings. The fraction of sp³-hybridized carbons (Fsp3) is 1.00. The van der Waals surface area contributed by atoms with Crippen molar-refractivity contribution in [1.29, 1.82) is 0 Å². The van der Waals surface area contributed by atoms with Crippen molar-refractivity contribution in [2.45, 2.75) is 65.3 Å². The van der Waals surface area contributed by atoms with Crippen LogP contribution in [-0.2, 0) is 9.64 Å². The molecule has 0 aromatic carbocycles. The van der Waals surface area contributed by atoms with Gasteiger partial charge in [0.05, 0.1) is 0 Å². The zero-order chi connectivity index (χ0) is 12.6. The van der Waals surface area contributed by atoms with Gasteiger partial charge in [0.15, 0.2) is 0 Å². The highest BCUT2D eigenvalue weighted by atomic mass is 32.7. The average molecular weight is 267 g/mol. The van der Waals surface area contributed by atoms with Crippen LogP contribution in [0.1, 0.15) is 59.3 Å². The first kappa shape index (κ1) is 16.3. The second-order valence-electron chi connectivity index (χ2n) is 4.53. The van der Waals surface area contributed by atoms with E-state index in [4.69, 9.17) is 0 Å². The minimum atomic E-state index is -3.16. The average Bonchev–Trinajstić information content (AvgIpc) is 2.19. The number of nitrogens with one attached hydrogen (secondary N) is 1. The van der Waals surface area contributed by atoms with Crippen molar-refractivity contribution in [1.82, 2.24) is 4.72 Å². The van der Waals surface area contributed by atoms with Crippen molar-refractivity contribution in [3.8, 4) is 0 Å². The Morgan fingerprint density at radius 1 is 1.12 bits per heavy atom. The predicted molar refractivity (Wildman–Crippen MR) is 73.8 cm³/mol. The van der Waals surface area contributed by atoms with Gasteiger partial charge in [-0.2, -0.15) is 0 Å². The zero-order valence-electron chi connectivity index (χ0n) is 10.7. The molecule has 5 heteroatoms. The topological polar surface area (TPSA) is 46.2 Å². The summed E-state index contributed by atoms with van der Waals surface area (Å²) in [5.74, 6) is 0.418. The van der Waals surface area contributed by atoms with E-state index < -0.39 is 9.64 Å². The van der Waals surface area contributed by atoms with Gasteiger partial charge in [0.1, 0.15) is 0 Å². The van der Waals surface area contributed by atoms with Gasteiger partial charge in [-0.1, -0.05) is 46.5 Å². The lowest BCUT2D eigenvalue weighted by atomic mass is 9.93. The minimum Gasteiger partial charge on any atom is -0.209 e. The summed E-state index contributed by atoms with van der Waals surface area (Å²) in [6, 6.07) is 0.0917. The Kier molecular flexibility index (Phi) is 8.61. The van der Waals surface area contributed by atoms with Crippen LogP contribution in [0.2, 0.25) is 0 Å². The van der Waals surface area contributed by atoms with E-state index in [9.17, 15) is 8.42 Å². The summed E-state index contributed by atoms with van der Waals surface area (Å²) in [5.41, 5.74) is 0. The normalized spacial score (nSPS) is 16.0. The molecule has 0 amide bonds. The van der Waals surface area contributed by atoms with Gasteiger partial charge < -0.3 is 0 Å². The maximum absolute atomic E-state index is 11.2. The van der Waals surface area contributed by atoms with Crippen molar-refractivity contribution < 1.29 is 8.42 Å². The minimum absolute atomic E-state index is 0.0917. The third-order valence-corrected chi connectivity index (χ3v) is 3.92. The highest BCUT2D eigenvalue weighted by Gasteiger charge is 2.19. The molecule has 0 aromatic heterocycles. The van der Waals surface area contributed by atoms with Gasteiger partial charge in [0.25, 0.3) is 0 Å². The Balaban J connectivity index is 4.28. The first-order chi connectivity index (χ1) is 7.40. The molecular weight excluding hydrogens is 241 g/mol. The number of hydrogen-bond acceptors (Lipinski definition) is 2. The van der Waals surface area contributed by atoms with Gasteiger partial charge in [0.2, 0.25) is 9.64 Å². The van der Waals surface area contributed by atoms with E-state index in [1.165, 1.54) is 12.8 Å². The van der Waals surface area contributed by atoms with E-state index in [-0.39, 0.29) is 6.04 Å². The third-order valence-electron chi connectivity index (χ3n) is 2.88. The Labute approximate surface area is 103 Å². The molecule has 0 bridgehead atoms. The Hall–Kier alpha value is 0.340.